The Bertz CT molecular complexity index is 1230. The van der Waals surface area contributed by atoms with Gasteiger partial charge < -0.3 is 15.6 Å². The van der Waals surface area contributed by atoms with Gasteiger partial charge in [-0.1, -0.05) is 42.5 Å². The minimum absolute atomic E-state index is 0.00892. The van der Waals surface area contributed by atoms with Crippen molar-refractivity contribution in [3.8, 4) is 5.75 Å². The lowest BCUT2D eigenvalue weighted by Crippen LogP contribution is -2.26. The van der Waals surface area contributed by atoms with E-state index in [2.05, 4.69) is 4.58 Å². The van der Waals surface area contributed by atoms with E-state index in [0.717, 1.165) is 53.0 Å². The number of carbonyl (C=O) groups is 1. The smallest absolute Gasteiger partial charge is 0.311 e. The summed E-state index contributed by atoms with van der Waals surface area (Å²) in [6.45, 7) is 3.53. The summed E-state index contributed by atoms with van der Waals surface area (Å²) in [5, 5.41) is 19.5. The van der Waals surface area contributed by atoms with Crippen LogP contribution in [0.3, 0.4) is 0 Å². The van der Waals surface area contributed by atoms with Crippen LogP contribution in [0, 0.1) is 5.41 Å². The summed E-state index contributed by atoms with van der Waals surface area (Å²) in [6, 6.07) is 18.8. The summed E-state index contributed by atoms with van der Waals surface area (Å²) in [5.41, 5.74) is 13.8. The molecule has 4 rings (SSSR count). The highest BCUT2D eigenvalue weighted by Crippen LogP contribution is 2.27. The molecule has 1 saturated heterocycles. The van der Waals surface area contributed by atoms with Crippen LogP contribution < -0.4 is 16.2 Å². The van der Waals surface area contributed by atoms with Crippen LogP contribution in [-0.2, 0) is 11.2 Å². The molecule has 1 aliphatic heterocycles. The third kappa shape index (κ3) is 5.14. The predicted octanol–water partition coefficient (Wildman–Crippen LogP) is 3.08. The lowest BCUT2D eigenvalue weighted by molar-refractivity contribution is -0.510. The van der Waals surface area contributed by atoms with Gasteiger partial charge in [0.1, 0.15) is 24.2 Å². The van der Waals surface area contributed by atoms with Gasteiger partial charge in [-0.3, -0.25) is 20.5 Å². The van der Waals surface area contributed by atoms with E-state index in [1.54, 1.807) is 0 Å². The molecule has 0 aliphatic carbocycles. The highest BCUT2D eigenvalue weighted by Gasteiger charge is 2.25. The van der Waals surface area contributed by atoms with Crippen molar-refractivity contribution in [1.82, 2.24) is 0 Å². The maximum Gasteiger partial charge on any atom is 0.311 e. The van der Waals surface area contributed by atoms with Crippen LogP contribution in [0.15, 0.2) is 60.7 Å². The Morgan fingerprint density at radius 2 is 1.85 bits per heavy atom. The Balaban J connectivity index is 1.50. The fourth-order valence-corrected chi connectivity index (χ4v) is 4.29. The number of benzene rings is 3. The van der Waals surface area contributed by atoms with Crippen molar-refractivity contribution in [3.05, 3.63) is 77.4 Å². The van der Waals surface area contributed by atoms with E-state index in [4.69, 9.17) is 21.6 Å². The number of hydrogen-bond acceptors (Lipinski definition) is 3. The number of aliphatic carboxylic acids is 1. The van der Waals surface area contributed by atoms with Crippen LogP contribution in [0.2, 0.25) is 0 Å². The molecule has 6 N–H and O–H groups in total. The molecule has 1 heterocycles. The second-order valence-electron chi connectivity index (χ2n) is 8.59. The SMILES string of the molecule is CC(N)=[N+]1CC[C@H](Oc2ccc(C(Cc3ccc4ccc(C(=N)N)cc4c3)C(=O)O)cc2)C1. The highest BCUT2D eigenvalue weighted by atomic mass is 16.5. The van der Waals surface area contributed by atoms with E-state index >= 15 is 0 Å². The molecule has 0 bridgehead atoms. The molecule has 1 aliphatic rings. The number of nitrogens with two attached hydrogens (primary N) is 2. The number of amidine groups is 2. The number of hydrogen-bond donors (Lipinski definition) is 4. The lowest BCUT2D eigenvalue weighted by atomic mass is 9.91. The van der Waals surface area contributed by atoms with Gasteiger partial charge in [-0.25, -0.2) is 0 Å². The van der Waals surface area contributed by atoms with Gasteiger partial charge in [0.2, 0.25) is 5.84 Å². The molecule has 1 fully saturated rings. The normalized spacial score (nSPS) is 18.2. The molecule has 2 atom stereocenters. The minimum Gasteiger partial charge on any atom is -0.486 e. The molecule has 33 heavy (non-hydrogen) atoms. The second-order valence-corrected chi connectivity index (χ2v) is 8.59. The van der Waals surface area contributed by atoms with Gasteiger partial charge in [-0.05, 0) is 46.5 Å². The van der Waals surface area contributed by atoms with Crippen LogP contribution in [0.5, 0.6) is 5.75 Å². The summed E-state index contributed by atoms with van der Waals surface area (Å²) >= 11 is 0. The molecule has 170 valence electrons. The summed E-state index contributed by atoms with van der Waals surface area (Å²) in [4.78, 5) is 12.1. The van der Waals surface area contributed by atoms with Gasteiger partial charge in [-0.15, -0.1) is 0 Å². The average Bonchev–Trinajstić information content (AvgIpc) is 3.26. The van der Waals surface area contributed by atoms with Gasteiger partial charge >= 0.3 is 5.97 Å². The number of rotatable bonds is 7. The molecule has 0 radical (unpaired) electrons. The highest BCUT2D eigenvalue weighted by molar-refractivity contribution is 5.99. The first-order chi connectivity index (χ1) is 15.8. The molecule has 0 aromatic heterocycles. The van der Waals surface area contributed by atoms with Crippen molar-refractivity contribution in [2.75, 3.05) is 13.1 Å². The third-order valence-corrected chi connectivity index (χ3v) is 6.18. The zero-order chi connectivity index (χ0) is 23.5. The molecular weight excluding hydrogens is 416 g/mol. The number of nitrogens with zero attached hydrogens (tertiary/aromatic N) is 1. The Labute approximate surface area is 192 Å². The average molecular weight is 446 g/mol. The van der Waals surface area contributed by atoms with Gasteiger partial charge in [0.05, 0.1) is 12.5 Å². The molecule has 0 saturated carbocycles. The zero-order valence-electron chi connectivity index (χ0n) is 18.6. The first kappa shape index (κ1) is 22.3. The van der Waals surface area contributed by atoms with E-state index in [9.17, 15) is 9.90 Å². The maximum absolute atomic E-state index is 12.1. The van der Waals surface area contributed by atoms with Crippen LogP contribution in [0.1, 0.15) is 36.0 Å². The van der Waals surface area contributed by atoms with Gasteiger partial charge in [-0.2, -0.15) is 0 Å². The van der Waals surface area contributed by atoms with Crippen LogP contribution in [-0.4, -0.2) is 46.5 Å². The minimum atomic E-state index is -0.873. The van der Waals surface area contributed by atoms with Gasteiger partial charge in [0.15, 0.2) is 0 Å². The summed E-state index contributed by atoms with van der Waals surface area (Å²) < 4.78 is 8.16. The summed E-state index contributed by atoms with van der Waals surface area (Å²) in [6.07, 6.45) is 1.34. The van der Waals surface area contributed by atoms with Crippen molar-refractivity contribution in [2.45, 2.75) is 31.8 Å². The Hall–Kier alpha value is -3.87. The van der Waals surface area contributed by atoms with Crippen LogP contribution in [0.25, 0.3) is 10.8 Å². The first-order valence-corrected chi connectivity index (χ1v) is 11.0. The molecular formula is C26H29N4O3+. The van der Waals surface area contributed by atoms with E-state index in [1.165, 1.54) is 0 Å². The standard InChI is InChI=1S/C26H28N4O3/c1-16(27)30-11-10-23(15-30)33-22-8-6-19(7-9-22)24(26(31)32)13-17-2-3-18-4-5-20(25(28)29)14-21(18)12-17/h2-9,12,14,23-24,27H,10-11,13,15H2,1H3,(H4,28,29,31,32)/p+1/t23-,24?/m0/s1. The first-order valence-electron chi connectivity index (χ1n) is 11.0. The van der Waals surface area contributed by atoms with E-state index in [1.807, 2.05) is 67.6 Å². The molecule has 1 unspecified atom stereocenters. The van der Waals surface area contributed by atoms with E-state index < -0.39 is 11.9 Å². The Morgan fingerprint density at radius 3 is 2.48 bits per heavy atom. The van der Waals surface area contributed by atoms with Crippen molar-refractivity contribution in [3.63, 3.8) is 0 Å². The number of ether oxygens (including phenoxy) is 1. The van der Waals surface area contributed by atoms with Crippen molar-refractivity contribution < 1.29 is 19.2 Å². The molecule has 3 aromatic rings. The largest absolute Gasteiger partial charge is 0.486 e. The zero-order valence-corrected chi connectivity index (χ0v) is 18.6. The molecule has 0 amide bonds. The van der Waals surface area contributed by atoms with Crippen molar-refractivity contribution in [1.29, 1.82) is 5.41 Å². The fourth-order valence-electron chi connectivity index (χ4n) is 4.29. The second kappa shape index (κ2) is 9.32. The fraction of sp³-hybridized carbons (Fsp3) is 0.269. The number of carboxylic acids is 1. The van der Waals surface area contributed by atoms with E-state index in [0.29, 0.717) is 12.0 Å². The quantitative estimate of drug-likeness (QED) is 0.253. The number of carboxylic acid groups (broad SMARTS) is 1. The monoisotopic (exact) mass is 445 g/mol. The third-order valence-electron chi connectivity index (χ3n) is 6.18. The maximum atomic E-state index is 12.1. The van der Waals surface area contributed by atoms with E-state index in [-0.39, 0.29) is 11.9 Å². The molecule has 0 spiro atoms. The Kier molecular flexibility index (Phi) is 6.31. The van der Waals surface area contributed by atoms with Crippen molar-refractivity contribution in [2.24, 2.45) is 11.5 Å². The number of nitrogen functional groups attached to an aromatic ring is 1. The lowest BCUT2D eigenvalue weighted by Gasteiger charge is -2.16. The van der Waals surface area contributed by atoms with Gasteiger partial charge in [0.25, 0.3) is 0 Å². The molecule has 7 heteroatoms. The van der Waals surface area contributed by atoms with Crippen molar-refractivity contribution >= 4 is 28.4 Å². The molecule has 3 aromatic carbocycles. The number of fused-ring (bicyclic) bond motifs is 1. The Morgan fingerprint density at radius 1 is 1.12 bits per heavy atom. The number of nitrogens with one attached hydrogen (secondary N) is 1. The van der Waals surface area contributed by atoms with Gasteiger partial charge in [0, 0.05) is 18.9 Å². The summed E-state index contributed by atoms with van der Waals surface area (Å²) in [7, 11) is 0. The molecule has 7 nitrogen and oxygen atoms in total. The van der Waals surface area contributed by atoms with Crippen LogP contribution in [0.4, 0.5) is 0 Å². The predicted molar refractivity (Wildman–Crippen MR) is 129 cm³/mol. The summed E-state index contributed by atoms with van der Waals surface area (Å²) in [5.74, 6) is -0.0148. The van der Waals surface area contributed by atoms with Crippen LogP contribution >= 0.6 is 0 Å². The topological polar surface area (TPSA) is 125 Å².